The lowest BCUT2D eigenvalue weighted by molar-refractivity contribution is 0.166. The van der Waals surface area contributed by atoms with Gasteiger partial charge < -0.3 is 9.67 Å². The second-order valence-electron chi connectivity index (χ2n) is 5.47. The van der Waals surface area contributed by atoms with Gasteiger partial charge in [0.25, 0.3) is 0 Å². The highest BCUT2D eigenvalue weighted by Crippen LogP contribution is 2.29. The van der Waals surface area contributed by atoms with Gasteiger partial charge >= 0.3 is 0 Å². The molecule has 19 heavy (non-hydrogen) atoms. The predicted octanol–water partition coefficient (Wildman–Crippen LogP) is 3.49. The van der Waals surface area contributed by atoms with Crippen molar-refractivity contribution in [2.45, 2.75) is 44.8 Å². The van der Waals surface area contributed by atoms with E-state index in [0.29, 0.717) is 0 Å². The Kier molecular flexibility index (Phi) is 3.69. The first kappa shape index (κ1) is 12.5. The van der Waals surface area contributed by atoms with Gasteiger partial charge in [0.2, 0.25) is 0 Å². The Morgan fingerprint density at radius 1 is 1.11 bits per heavy atom. The number of aliphatic hydroxyl groups excluding tert-OH is 1. The topological polar surface area (TPSA) is 25.2 Å². The van der Waals surface area contributed by atoms with Crippen LogP contribution in [0.15, 0.2) is 42.7 Å². The largest absolute Gasteiger partial charge is 0.388 e. The molecule has 0 radical (unpaired) electrons. The van der Waals surface area contributed by atoms with Crippen molar-refractivity contribution in [1.82, 2.24) is 4.57 Å². The normalized spacial score (nSPS) is 18.9. The second kappa shape index (κ2) is 5.62. The first-order valence-corrected chi connectivity index (χ1v) is 7.23. The van der Waals surface area contributed by atoms with Gasteiger partial charge in [0, 0.05) is 24.5 Å². The van der Waals surface area contributed by atoms with Gasteiger partial charge in [0.05, 0.1) is 6.10 Å². The molecule has 100 valence electrons. The molecule has 0 spiro atoms. The summed E-state index contributed by atoms with van der Waals surface area (Å²) in [4.78, 5) is 0. The summed E-state index contributed by atoms with van der Waals surface area (Å²) in [6.07, 6.45) is 9.54. The van der Waals surface area contributed by atoms with Gasteiger partial charge in [-0.15, -0.1) is 0 Å². The first-order chi connectivity index (χ1) is 9.33. The van der Waals surface area contributed by atoms with Crippen molar-refractivity contribution in [3.8, 4) is 0 Å². The molecule has 0 bridgehead atoms. The summed E-state index contributed by atoms with van der Waals surface area (Å²) in [6, 6.07) is 10.6. The van der Waals surface area contributed by atoms with Crippen LogP contribution in [0.3, 0.4) is 0 Å². The molecule has 1 N–H and O–H groups in total. The third-order valence-corrected chi connectivity index (χ3v) is 4.03. The number of hydrogen-bond donors (Lipinski definition) is 1. The van der Waals surface area contributed by atoms with Gasteiger partial charge in [-0.25, -0.2) is 0 Å². The molecule has 0 amide bonds. The number of fused-ring (bicyclic) bond motifs is 1. The second-order valence-corrected chi connectivity index (χ2v) is 5.47. The van der Waals surface area contributed by atoms with Crippen molar-refractivity contribution in [1.29, 1.82) is 0 Å². The van der Waals surface area contributed by atoms with Gasteiger partial charge in [-0.05, 0) is 36.8 Å². The Balaban J connectivity index is 1.71. The van der Waals surface area contributed by atoms with E-state index in [9.17, 15) is 5.11 Å². The van der Waals surface area contributed by atoms with Gasteiger partial charge in [0.15, 0.2) is 0 Å². The van der Waals surface area contributed by atoms with Gasteiger partial charge in [0.1, 0.15) is 0 Å². The Hall–Kier alpha value is -1.54. The monoisotopic (exact) mass is 255 g/mol. The van der Waals surface area contributed by atoms with Crippen LogP contribution in [0.25, 0.3) is 0 Å². The lowest BCUT2D eigenvalue weighted by Crippen LogP contribution is -1.99. The summed E-state index contributed by atoms with van der Waals surface area (Å²) in [5.41, 5.74) is 3.87. The number of aryl methyl sites for hydroxylation is 3. The average molecular weight is 255 g/mol. The molecule has 1 unspecified atom stereocenters. The van der Waals surface area contributed by atoms with Crippen molar-refractivity contribution < 1.29 is 5.11 Å². The number of aliphatic hydroxyl groups is 1. The molecule has 1 atom stereocenters. The Labute approximate surface area is 114 Å². The van der Waals surface area contributed by atoms with E-state index in [2.05, 4.69) is 47.3 Å². The van der Waals surface area contributed by atoms with Gasteiger partial charge in [-0.3, -0.25) is 0 Å². The van der Waals surface area contributed by atoms with E-state index in [1.807, 2.05) is 0 Å². The maximum atomic E-state index is 10.1. The van der Waals surface area contributed by atoms with E-state index in [4.69, 9.17) is 0 Å². The Morgan fingerprint density at radius 2 is 1.95 bits per heavy atom. The molecule has 2 aromatic rings. The fourth-order valence-corrected chi connectivity index (χ4v) is 2.92. The number of benzene rings is 1. The molecular weight excluding hydrogens is 234 g/mol. The maximum Gasteiger partial charge on any atom is 0.0807 e. The number of nitrogens with zero attached hydrogens (tertiary/aromatic N) is 1. The highest BCUT2D eigenvalue weighted by atomic mass is 16.3. The standard InChI is InChI=1S/C17H21NO/c19-17-9-5-4-8-15-12-18(13-16(15)17)11-10-14-6-2-1-3-7-14/h1-3,6-7,12-13,17,19H,4-5,8-11H2. The van der Waals surface area contributed by atoms with E-state index in [1.165, 1.54) is 17.5 Å². The van der Waals surface area contributed by atoms with E-state index < -0.39 is 0 Å². The third-order valence-electron chi connectivity index (χ3n) is 4.03. The van der Waals surface area contributed by atoms with Crippen LogP contribution in [0.4, 0.5) is 0 Å². The van der Waals surface area contributed by atoms with E-state index in [0.717, 1.165) is 37.8 Å². The summed E-state index contributed by atoms with van der Waals surface area (Å²) in [7, 11) is 0. The smallest absolute Gasteiger partial charge is 0.0807 e. The summed E-state index contributed by atoms with van der Waals surface area (Å²) >= 11 is 0. The van der Waals surface area contributed by atoms with E-state index in [-0.39, 0.29) is 6.10 Å². The van der Waals surface area contributed by atoms with Crippen molar-refractivity contribution in [2.24, 2.45) is 0 Å². The highest BCUT2D eigenvalue weighted by Gasteiger charge is 2.18. The maximum absolute atomic E-state index is 10.1. The third kappa shape index (κ3) is 2.90. The van der Waals surface area contributed by atoms with E-state index >= 15 is 0 Å². The Morgan fingerprint density at radius 3 is 2.79 bits per heavy atom. The van der Waals surface area contributed by atoms with Crippen molar-refractivity contribution in [3.63, 3.8) is 0 Å². The molecule has 2 nitrogen and oxygen atoms in total. The van der Waals surface area contributed by atoms with Crippen LogP contribution < -0.4 is 0 Å². The van der Waals surface area contributed by atoms with Crippen LogP contribution in [0.5, 0.6) is 0 Å². The summed E-state index contributed by atoms with van der Waals surface area (Å²) < 4.78 is 2.24. The van der Waals surface area contributed by atoms with Crippen LogP contribution >= 0.6 is 0 Å². The average Bonchev–Trinajstić information content (AvgIpc) is 2.78. The molecule has 3 rings (SSSR count). The number of rotatable bonds is 3. The predicted molar refractivity (Wildman–Crippen MR) is 77.1 cm³/mol. The quantitative estimate of drug-likeness (QED) is 0.834. The highest BCUT2D eigenvalue weighted by molar-refractivity contribution is 5.28. The van der Waals surface area contributed by atoms with Crippen LogP contribution in [-0.2, 0) is 19.4 Å². The van der Waals surface area contributed by atoms with E-state index in [1.54, 1.807) is 0 Å². The number of aromatic nitrogens is 1. The molecule has 0 fully saturated rings. The molecule has 1 aliphatic rings. The van der Waals surface area contributed by atoms with Crippen LogP contribution in [0.2, 0.25) is 0 Å². The summed E-state index contributed by atoms with van der Waals surface area (Å²) in [6.45, 7) is 0.990. The summed E-state index contributed by atoms with van der Waals surface area (Å²) in [5.74, 6) is 0. The minimum absolute atomic E-state index is 0.254. The SMILES string of the molecule is OC1CCCCc2cn(CCc3ccccc3)cc21. The zero-order valence-corrected chi connectivity index (χ0v) is 11.3. The van der Waals surface area contributed by atoms with Crippen LogP contribution in [-0.4, -0.2) is 9.67 Å². The molecule has 1 heterocycles. The zero-order valence-electron chi connectivity index (χ0n) is 11.3. The molecular formula is C17H21NO. The molecule has 0 saturated heterocycles. The molecule has 2 heteroatoms. The fraction of sp³-hybridized carbons (Fsp3) is 0.412. The molecule has 1 aromatic carbocycles. The molecule has 1 aliphatic carbocycles. The number of hydrogen-bond acceptors (Lipinski definition) is 1. The van der Waals surface area contributed by atoms with Gasteiger partial charge in [-0.1, -0.05) is 36.8 Å². The van der Waals surface area contributed by atoms with Crippen molar-refractivity contribution in [3.05, 3.63) is 59.4 Å². The summed E-state index contributed by atoms with van der Waals surface area (Å²) in [5, 5.41) is 10.1. The molecule has 0 saturated carbocycles. The molecule has 1 aromatic heterocycles. The minimum Gasteiger partial charge on any atom is -0.388 e. The lowest BCUT2D eigenvalue weighted by atomic mass is 10.1. The lowest BCUT2D eigenvalue weighted by Gasteiger charge is -2.06. The fourth-order valence-electron chi connectivity index (χ4n) is 2.92. The minimum atomic E-state index is -0.254. The van der Waals surface area contributed by atoms with Crippen molar-refractivity contribution >= 4 is 0 Å². The molecule has 0 aliphatic heterocycles. The zero-order chi connectivity index (χ0) is 13.1. The van der Waals surface area contributed by atoms with Gasteiger partial charge in [-0.2, -0.15) is 0 Å². The van der Waals surface area contributed by atoms with Crippen LogP contribution in [0.1, 0.15) is 42.1 Å². The van der Waals surface area contributed by atoms with Crippen molar-refractivity contribution in [2.75, 3.05) is 0 Å². The first-order valence-electron chi connectivity index (χ1n) is 7.23. The Bertz CT molecular complexity index is 529. The van der Waals surface area contributed by atoms with Crippen LogP contribution in [0, 0.1) is 0 Å².